The minimum atomic E-state index is 0.114. The maximum atomic E-state index is 5.43. The van der Waals surface area contributed by atoms with Gasteiger partial charge in [0, 0.05) is 19.7 Å². The van der Waals surface area contributed by atoms with Crippen LogP contribution in [0.2, 0.25) is 0 Å². The molecule has 7 nitrogen and oxygen atoms in total. The highest BCUT2D eigenvalue weighted by atomic mass is 16.5. The summed E-state index contributed by atoms with van der Waals surface area (Å²) >= 11 is 0. The molecule has 2 unspecified atom stereocenters. The molecular weight excluding hydrogens is 332 g/mol. The Morgan fingerprint density at radius 3 is 2.38 bits per heavy atom. The molecule has 26 heavy (non-hydrogen) atoms. The van der Waals surface area contributed by atoms with Crippen molar-refractivity contribution in [3.05, 3.63) is 23.8 Å². The zero-order valence-electron chi connectivity index (χ0n) is 17.1. The van der Waals surface area contributed by atoms with Crippen LogP contribution >= 0.6 is 0 Å². The van der Waals surface area contributed by atoms with E-state index in [2.05, 4.69) is 35.4 Å². The second-order valence-corrected chi connectivity index (χ2v) is 6.31. The van der Waals surface area contributed by atoms with Crippen LogP contribution in [0.1, 0.15) is 25.5 Å². The molecule has 0 amide bonds. The largest absolute Gasteiger partial charge is 0.493 e. The highest BCUT2D eigenvalue weighted by Gasteiger charge is 2.17. The Bertz CT molecular complexity index is 564. The van der Waals surface area contributed by atoms with Gasteiger partial charge in [0.15, 0.2) is 17.5 Å². The van der Waals surface area contributed by atoms with E-state index in [0.717, 1.165) is 29.6 Å². The highest BCUT2D eigenvalue weighted by molar-refractivity contribution is 5.80. The predicted molar refractivity (Wildman–Crippen MR) is 106 cm³/mol. The molecule has 0 saturated carbocycles. The molecule has 2 atom stereocenters. The quantitative estimate of drug-likeness (QED) is 0.487. The van der Waals surface area contributed by atoms with Gasteiger partial charge < -0.3 is 29.7 Å². The Labute approximate surface area is 157 Å². The van der Waals surface area contributed by atoms with Crippen LogP contribution in [-0.2, 0) is 4.74 Å². The van der Waals surface area contributed by atoms with Gasteiger partial charge in [-0.2, -0.15) is 0 Å². The Morgan fingerprint density at radius 1 is 1.15 bits per heavy atom. The SMILES string of the molecule is CCNC(=NCC(c1ccc(OC)c(OC)c1)N(C)C)NC(C)COC. The first-order valence-corrected chi connectivity index (χ1v) is 8.88. The fourth-order valence-corrected chi connectivity index (χ4v) is 2.65. The van der Waals surface area contributed by atoms with Gasteiger partial charge in [-0.3, -0.25) is 4.99 Å². The van der Waals surface area contributed by atoms with Crippen LogP contribution < -0.4 is 20.1 Å². The minimum Gasteiger partial charge on any atom is -0.493 e. The molecule has 1 aromatic carbocycles. The van der Waals surface area contributed by atoms with Crippen molar-refractivity contribution in [1.82, 2.24) is 15.5 Å². The maximum absolute atomic E-state index is 5.43. The average Bonchev–Trinajstić information content (AvgIpc) is 2.61. The molecule has 0 bridgehead atoms. The number of nitrogens with zero attached hydrogens (tertiary/aromatic N) is 2. The van der Waals surface area contributed by atoms with Gasteiger partial charge in [0.2, 0.25) is 0 Å². The molecule has 0 aromatic heterocycles. The van der Waals surface area contributed by atoms with Crippen LogP contribution in [0.15, 0.2) is 23.2 Å². The van der Waals surface area contributed by atoms with Gasteiger partial charge in [-0.25, -0.2) is 0 Å². The number of ether oxygens (including phenoxy) is 3. The van der Waals surface area contributed by atoms with Crippen molar-refractivity contribution in [2.24, 2.45) is 4.99 Å². The van der Waals surface area contributed by atoms with E-state index in [1.165, 1.54) is 0 Å². The molecular formula is C19H34N4O3. The molecule has 148 valence electrons. The summed E-state index contributed by atoms with van der Waals surface area (Å²) in [5.74, 6) is 2.23. The van der Waals surface area contributed by atoms with E-state index < -0.39 is 0 Å². The zero-order chi connectivity index (χ0) is 19.5. The molecule has 0 fully saturated rings. The van der Waals surface area contributed by atoms with Gasteiger partial charge in [0.1, 0.15) is 0 Å². The third-order valence-corrected chi connectivity index (χ3v) is 3.98. The Kier molecular flexibility index (Phi) is 9.83. The molecule has 7 heteroatoms. The summed E-state index contributed by atoms with van der Waals surface area (Å²) in [5, 5.41) is 6.63. The van der Waals surface area contributed by atoms with E-state index in [4.69, 9.17) is 19.2 Å². The molecule has 0 aliphatic rings. The second kappa shape index (κ2) is 11.6. The number of hydrogen-bond donors (Lipinski definition) is 2. The molecule has 1 rings (SSSR count). The number of aliphatic imine (C=N–C) groups is 1. The smallest absolute Gasteiger partial charge is 0.191 e. The van der Waals surface area contributed by atoms with Gasteiger partial charge in [-0.05, 0) is 45.6 Å². The van der Waals surface area contributed by atoms with Crippen LogP contribution in [0.5, 0.6) is 11.5 Å². The third-order valence-electron chi connectivity index (χ3n) is 3.98. The van der Waals surface area contributed by atoms with Crippen molar-refractivity contribution in [3.63, 3.8) is 0 Å². The molecule has 2 N–H and O–H groups in total. The monoisotopic (exact) mass is 366 g/mol. The van der Waals surface area contributed by atoms with Crippen LogP contribution in [0.25, 0.3) is 0 Å². The summed E-state index contributed by atoms with van der Waals surface area (Å²) in [4.78, 5) is 6.90. The van der Waals surface area contributed by atoms with Gasteiger partial charge in [-0.1, -0.05) is 6.07 Å². The first-order valence-electron chi connectivity index (χ1n) is 8.88. The van der Waals surface area contributed by atoms with Gasteiger partial charge >= 0.3 is 0 Å². The Hall–Kier alpha value is -1.99. The lowest BCUT2D eigenvalue weighted by Gasteiger charge is -2.25. The summed E-state index contributed by atoms with van der Waals surface area (Å²) in [7, 11) is 9.08. The normalized spacial score (nSPS) is 14.1. The van der Waals surface area contributed by atoms with Crippen LogP contribution in [-0.4, -0.2) is 72.0 Å². The minimum absolute atomic E-state index is 0.114. The maximum Gasteiger partial charge on any atom is 0.191 e. The summed E-state index contributed by atoms with van der Waals surface area (Å²) < 4.78 is 15.9. The Balaban J connectivity index is 2.98. The molecule has 1 aromatic rings. The van der Waals surface area contributed by atoms with Crippen LogP contribution in [0.4, 0.5) is 0 Å². The van der Waals surface area contributed by atoms with Crippen molar-refractivity contribution in [2.45, 2.75) is 25.9 Å². The fourth-order valence-electron chi connectivity index (χ4n) is 2.65. The van der Waals surface area contributed by atoms with Gasteiger partial charge in [0.25, 0.3) is 0 Å². The van der Waals surface area contributed by atoms with Crippen molar-refractivity contribution < 1.29 is 14.2 Å². The number of likely N-dealkylation sites (N-methyl/N-ethyl adjacent to an activating group) is 1. The van der Waals surface area contributed by atoms with Gasteiger partial charge in [0.05, 0.1) is 33.4 Å². The van der Waals surface area contributed by atoms with E-state index in [0.29, 0.717) is 13.2 Å². The molecule has 0 radical (unpaired) electrons. The summed E-state index contributed by atoms with van der Waals surface area (Å²) in [6.07, 6.45) is 0. The van der Waals surface area contributed by atoms with Crippen LogP contribution in [0, 0.1) is 0 Å². The number of guanidine groups is 1. The third kappa shape index (κ3) is 6.72. The Morgan fingerprint density at radius 2 is 1.85 bits per heavy atom. The van der Waals surface area contributed by atoms with Crippen molar-refractivity contribution in [3.8, 4) is 11.5 Å². The fraction of sp³-hybridized carbons (Fsp3) is 0.632. The number of methoxy groups -OCH3 is 3. The lowest BCUT2D eigenvalue weighted by molar-refractivity contribution is 0.179. The standard InChI is InChI=1S/C19H34N4O3/c1-8-20-19(22-14(2)13-24-5)21-12-16(23(3)4)15-9-10-17(25-6)18(11-15)26-7/h9-11,14,16H,8,12-13H2,1-7H3,(H2,20,21,22). The first-order chi connectivity index (χ1) is 12.5. The summed E-state index contributed by atoms with van der Waals surface area (Å²) in [6, 6.07) is 6.28. The number of hydrogen-bond acceptors (Lipinski definition) is 5. The van der Waals surface area contributed by atoms with Gasteiger partial charge in [-0.15, -0.1) is 0 Å². The van der Waals surface area contributed by atoms with E-state index in [-0.39, 0.29) is 12.1 Å². The van der Waals surface area contributed by atoms with Crippen molar-refractivity contribution in [1.29, 1.82) is 0 Å². The number of rotatable bonds is 10. The molecule has 0 aliphatic heterocycles. The summed E-state index contributed by atoms with van der Waals surface area (Å²) in [5.41, 5.74) is 1.12. The number of benzene rings is 1. The van der Waals surface area contributed by atoms with Crippen LogP contribution in [0.3, 0.4) is 0 Å². The molecule has 0 spiro atoms. The van der Waals surface area contributed by atoms with E-state index in [1.807, 2.05) is 26.2 Å². The molecule has 0 heterocycles. The van der Waals surface area contributed by atoms with E-state index in [9.17, 15) is 0 Å². The topological polar surface area (TPSA) is 67.4 Å². The zero-order valence-corrected chi connectivity index (χ0v) is 17.1. The lowest BCUT2D eigenvalue weighted by atomic mass is 10.1. The highest BCUT2D eigenvalue weighted by Crippen LogP contribution is 2.31. The van der Waals surface area contributed by atoms with E-state index in [1.54, 1.807) is 21.3 Å². The first kappa shape index (κ1) is 22.1. The van der Waals surface area contributed by atoms with Crippen molar-refractivity contribution >= 4 is 5.96 Å². The van der Waals surface area contributed by atoms with E-state index >= 15 is 0 Å². The predicted octanol–water partition coefficient (Wildman–Crippen LogP) is 1.90. The average molecular weight is 367 g/mol. The second-order valence-electron chi connectivity index (χ2n) is 6.31. The lowest BCUT2D eigenvalue weighted by Crippen LogP contribution is -2.44. The molecule has 0 saturated heterocycles. The number of nitrogens with one attached hydrogen (secondary N) is 2. The van der Waals surface area contributed by atoms with Crippen molar-refractivity contribution in [2.75, 3.05) is 55.1 Å². The summed E-state index contributed by atoms with van der Waals surface area (Å²) in [6.45, 7) is 6.15. The molecule has 0 aliphatic carbocycles.